The van der Waals surface area contributed by atoms with E-state index in [1.807, 2.05) is 30.3 Å². The standard InChI is InChI=1S/C14H12O3.ClH/c15-13-9-5-4-8-12(13)14(16)17-10-11-6-2-1-3-7-11;/h1-9,15H,10H2;1H. The van der Waals surface area contributed by atoms with Crippen LogP contribution >= 0.6 is 12.4 Å². The van der Waals surface area contributed by atoms with Gasteiger partial charge in [-0.1, -0.05) is 42.5 Å². The monoisotopic (exact) mass is 264 g/mol. The summed E-state index contributed by atoms with van der Waals surface area (Å²) in [6.07, 6.45) is 0. The summed E-state index contributed by atoms with van der Waals surface area (Å²) in [5.74, 6) is -0.586. The normalized spacial score (nSPS) is 9.33. The van der Waals surface area contributed by atoms with E-state index in [4.69, 9.17) is 4.74 Å². The highest BCUT2D eigenvalue weighted by Gasteiger charge is 2.11. The van der Waals surface area contributed by atoms with Crippen LogP contribution < -0.4 is 0 Å². The Bertz CT molecular complexity index is 511. The van der Waals surface area contributed by atoms with Crippen molar-refractivity contribution in [1.82, 2.24) is 0 Å². The number of hydrogen-bond donors (Lipinski definition) is 1. The Morgan fingerprint density at radius 3 is 2.28 bits per heavy atom. The second kappa shape index (κ2) is 6.67. The molecule has 0 atom stereocenters. The van der Waals surface area contributed by atoms with Crippen molar-refractivity contribution in [3.63, 3.8) is 0 Å². The summed E-state index contributed by atoms with van der Waals surface area (Å²) in [6.45, 7) is 0.202. The molecule has 0 aromatic heterocycles. The van der Waals surface area contributed by atoms with Crippen molar-refractivity contribution >= 4 is 18.4 Å². The van der Waals surface area contributed by atoms with Gasteiger partial charge in [-0.15, -0.1) is 12.4 Å². The summed E-state index contributed by atoms with van der Waals surface area (Å²) >= 11 is 0. The number of aromatic hydroxyl groups is 1. The molecule has 1 N–H and O–H groups in total. The highest BCUT2D eigenvalue weighted by molar-refractivity contribution is 5.92. The van der Waals surface area contributed by atoms with Gasteiger partial charge in [-0.05, 0) is 17.7 Å². The van der Waals surface area contributed by atoms with Gasteiger partial charge in [-0.2, -0.15) is 0 Å². The molecule has 0 aliphatic heterocycles. The topological polar surface area (TPSA) is 46.5 Å². The van der Waals surface area contributed by atoms with E-state index in [9.17, 15) is 9.90 Å². The molecule has 3 nitrogen and oxygen atoms in total. The molecule has 0 bridgehead atoms. The van der Waals surface area contributed by atoms with Crippen LogP contribution in [0.5, 0.6) is 5.75 Å². The predicted molar refractivity (Wildman–Crippen MR) is 70.9 cm³/mol. The Balaban J connectivity index is 0.00000162. The van der Waals surface area contributed by atoms with Gasteiger partial charge in [0.1, 0.15) is 17.9 Å². The summed E-state index contributed by atoms with van der Waals surface area (Å²) in [4.78, 5) is 11.7. The molecule has 0 unspecified atom stereocenters. The zero-order valence-corrected chi connectivity index (χ0v) is 10.4. The van der Waals surface area contributed by atoms with E-state index < -0.39 is 5.97 Å². The van der Waals surface area contributed by atoms with Crippen molar-refractivity contribution in [2.75, 3.05) is 0 Å². The van der Waals surface area contributed by atoms with E-state index in [1.165, 1.54) is 12.1 Å². The number of ether oxygens (including phenoxy) is 1. The Kier molecular flexibility index (Phi) is 5.21. The third-order valence-corrected chi connectivity index (χ3v) is 2.34. The first-order chi connectivity index (χ1) is 8.27. The molecule has 0 aliphatic carbocycles. The molecule has 0 heterocycles. The molecule has 2 aromatic rings. The van der Waals surface area contributed by atoms with Gasteiger partial charge >= 0.3 is 5.97 Å². The number of phenols is 1. The second-order valence-electron chi connectivity index (χ2n) is 3.58. The number of halogens is 1. The highest BCUT2D eigenvalue weighted by atomic mass is 35.5. The van der Waals surface area contributed by atoms with Crippen LogP contribution in [-0.2, 0) is 11.3 Å². The van der Waals surface area contributed by atoms with E-state index in [1.54, 1.807) is 12.1 Å². The number of carbonyl (C=O) groups is 1. The molecule has 4 heteroatoms. The van der Waals surface area contributed by atoms with E-state index in [0.29, 0.717) is 0 Å². The molecule has 18 heavy (non-hydrogen) atoms. The van der Waals surface area contributed by atoms with Gasteiger partial charge in [0, 0.05) is 0 Å². The zero-order valence-electron chi connectivity index (χ0n) is 9.58. The van der Waals surface area contributed by atoms with Crippen molar-refractivity contribution in [3.05, 3.63) is 65.7 Å². The first-order valence-corrected chi connectivity index (χ1v) is 5.26. The number of para-hydroxylation sites is 1. The lowest BCUT2D eigenvalue weighted by atomic mass is 10.2. The minimum atomic E-state index is -0.521. The minimum Gasteiger partial charge on any atom is -0.507 e. The molecule has 2 aromatic carbocycles. The maximum Gasteiger partial charge on any atom is 0.342 e. The molecule has 0 saturated carbocycles. The average Bonchev–Trinajstić information content (AvgIpc) is 2.38. The van der Waals surface area contributed by atoms with Crippen LogP contribution in [0.15, 0.2) is 54.6 Å². The number of rotatable bonds is 3. The predicted octanol–water partition coefficient (Wildman–Crippen LogP) is 3.17. The average molecular weight is 265 g/mol. The number of carbonyl (C=O) groups excluding carboxylic acids is 1. The molecule has 0 spiro atoms. The van der Waals surface area contributed by atoms with Crippen LogP contribution in [0.2, 0.25) is 0 Å². The van der Waals surface area contributed by atoms with Gasteiger partial charge in [-0.3, -0.25) is 0 Å². The summed E-state index contributed by atoms with van der Waals surface area (Å²) < 4.78 is 5.10. The molecule has 0 fully saturated rings. The first kappa shape index (κ1) is 14.1. The van der Waals surface area contributed by atoms with Crippen LogP contribution in [0.1, 0.15) is 15.9 Å². The van der Waals surface area contributed by atoms with Crippen molar-refractivity contribution in [3.8, 4) is 5.75 Å². The Hall–Kier alpha value is -2.00. The fraction of sp³-hybridized carbons (Fsp3) is 0.0714. The van der Waals surface area contributed by atoms with Gasteiger partial charge < -0.3 is 9.84 Å². The van der Waals surface area contributed by atoms with Gasteiger partial charge in [0.25, 0.3) is 0 Å². The quantitative estimate of drug-likeness (QED) is 0.866. The van der Waals surface area contributed by atoms with E-state index in [2.05, 4.69) is 0 Å². The van der Waals surface area contributed by atoms with Crippen LogP contribution in [0.3, 0.4) is 0 Å². The van der Waals surface area contributed by atoms with Crippen LogP contribution in [-0.4, -0.2) is 11.1 Å². The van der Waals surface area contributed by atoms with Crippen LogP contribution in [0, 0.1) is 0 Å². The molecule has 0 saturated heterocycles. The smallest absolute Gasteiger partial charge is 0.342 e. The minimum absolute atomic E-state index is 0. The summed E-state index contributed by atoms with van der Waals surface area (Å²) in [5, 5.41) is 9.48. The van der Waals surface area contributed by atoms with Gasteiger partial charge in [0.15, 0.2) is 0 Å². The van der Waals surface area contributed by atoms with E-state index in [-0.39, 0.29) is 30.3 Å². The number of phenolic OH excluding ortho intramolecular Hbond substituents is 1. The fourth-order valence-electron chi connectivity index (χ4n) is 1.45. The van der Waals surface area contributed by atoms with Crippen molar-refractivity contribution in [2.24, 2.45) is 0 Å². The Morgan fingerprint density at radius 2 is 1.61 bits per heavy atom. The Morgan fingerprint density at radius 1 is 1.00 bits per heavy atom. The zero-order chi connectivity index (χ0) is 12.1. The van der Waals surface area contributed by atoms with Gasteiger partial charge in [0.05, 0.1) is 0 Å². The molecular weight excluding hydrogens is 252 g/mol. The Labute approximate surface area is 111 Å². The van der Waals surface area contributed by atoms with E-state index >= 15 is 0 Å². The van der Waals surface area contributed by atoms with Crippen LogP contribution in [0.25, 0.3) is 0 Å². The summed E-state index contributed by atoms with van der Waals surface area (Å²) in [5.41, 5.74) is 1.10. The molecular formula is C14H13ClO3. The molecule has 2 rings (SSSR count). The highest BCUT2D eigenvalue weighted by Crippen LogP contribution is 2.17. The lowest BCUT2D eigenvalue weighted by Crippen LogP contribution is -2.05. The number of benzene rings is 2. The van der Waals surface area contributed by atoms with Gasteiger partial charge in [0.2, 0.25) is 0 Å². The van der Waals surface area contributed by atoms with Crippen molar-refractivity contribution in [1.29, 1.82) is 0 Å². The maximum absolute atomic E-state index is 11.7. The van der Waals surface area contributed by atoms with Crippen LogP contribution in [0.4, 0.5) is 0 Å². The number of esters is 1. The lowest BCUT2D eigenvalue weighted by Gasteiger charge is -2.05. The van der Waals surface area contributed by atoms with E-state index in [0.717, 1.165) is 5.56 Å². The van der Waals surface area contributed by atoms with Crippen molar-refractivity contribution < 1.29 is 14.6 Å². The molecule has 0 amide bonds. The van der Waals surface area contributed by atoms with Crippen molar-refractivity contribution in [2.45, 2.75) is 6.61 Å². The molecule has 0 radical (unpaired) electrons. The largest absolute Gasteiger partial charge is 0.507 e. The van der Waals surface area contributed by atoms with Gasteiger partial charge in [-0.25, -0.2) is 4.79 Å². The first-order valence-electron chi connectivity index (χ1n) is 5.26. The second-order valence-corrected chi connectivity index (χ2v) is 3.58. The fourth-order valence-corrected chi connectivity index (χ4v) is 1.45. The molecule has 94 valence electrons. The maximum atomic E-state index is 11.7. The summed E-state index contributed by atoms with van der Waals surface area (Å²) in [7, 11) is 0. The lowest BCUT2D eigenvalue weighted by molar-refractivity contribution is 0.0469. The SMILES string of the molecule is Cl.O=C(OCc1ccccc1)c1ccccc1O. The number of hydrogen-bond acceptors (Lipinski definition) is 3. The molecule has 0 aliphatic rings. The summed E-state index contributed by atoms with van der Waals surface area (Å²) in [6, 6.07) is 15.7. The third kappa shape index (κ3) is 3.50. The third-order valence-electron chi connectivity index (χ3n) is 2.34.